The molecule has 1 aliphatic carbocycles. The summed E-state index contributed by atoms with van der Waals surface area (Å²) in [5.41, 5.74) is 0. The van der Waals surface area contributed by atoms with Crippen LogP contribution < -0.4 is 5.32 Å². The van der Waals surface area contributed by atoms with Crippen molar-refractivity contribution in [1.82, 2.24) is 5.32 Å². The van der Waals surface area contributed by atoms with Crippen molar-refractivity contribution in [3.05, 3.63) is 0 Å². The second-order valence-corrected chi connectivity index (χ2v) is 3.85. The zero-order valence-corrected chi connectivity index (χ0v) is 8.09. The molecule has 0 heterocycles. The summed E-state index contributed by atoms with van der Waals surface area (Å²) in [5, 5.41) is 11.7. The van der Waals surface area contributed by atoms with E-state index in [1.165, 1.54) is 25.7 Å². The lowest BCUT2D eigenvalue weighted by atomic mass is 10.1. The molecule has 76 valence electrons. The summed E-state index contributed by atoms with van der Waals surface area (Å²) in [4.78, 5) is 10.2. The average molecular weight is 185 g/mol. The molecule has 1 saturated carbocycles. The molecular formula is C10H19NO2. The van der Waals surface area contributed by atoms with Gasteiger partial charge in [-0.25, -0.2) is 0 Å². The topological polar surface area (TPSA) is 49.3 Å². The van der Waals surface area contributed by atoms with Crippen LogP contribution in [0, 0.1) is 5.92 Å². The molecule has 1 aliphatic rings. The van der Waals surface area contributed by atoms with Crippen molar-refractivity contribution >= 4 is 5.97 Å². The number of carboxylic acids is 1. The SMILES string of the molecule is O=C(O)CCCNCC1CCCC1. The largest absolute Gasteiger partial charge is 0.481 e. The highest BCUT2D eigenvalue weighted by atomic mass is 16.4. The Bertz CT molecular complexity index is 153. The van der Waals surface area contributed by atoms with Gasteiger partial charge in [0, 0.05) is 6.42 Å². The number of aliphatic carboxylic acids is 1. The molecule has 0 aromatic carbocycles. The second-order valence-electron chi connectivity index (χ2n) is 3.85. The molecule has 0 aliphatic heterocycles. The highest BCUT2D eigenvalue weighted by molar-refractivity contribution is 5.66. The molecule has 0 atom stereocenters. The molecule has 3 heteroatoms. The average Bonchev–Trinajstić information content (AvgIpc) is 2.55. The van der Waals surface area contributed by atoms with Crippen molar-refractivity contribution in [2.75, 3.05) is 13.1 Å². The molecule has 0 bridgehead atoms. The van der Waals surface area contributed by atoms with E-state index in [0.717, 1.165) is 25.4 Å². The third kappa shape index (κ3) is 4.88. The molecule has 0 radical (unpaired) electrons. The van der Waals surface area contributed by atoms with Crippen LogP contribution in [-0.4, -0.2) is 24.2 Å². The number of hydrogen-bond acceptors (Lipinski definition) is 2. The summed E-state index contributed by atoms with van der Waals surface area (Å²) >= 11 is 0. The lowest BCUT2D eigenvalue weighted by molar-refractivity contribution is -0.137. The maximum absolute atomic E-state index is 10.2. The fourth-order valence-electron chi connectivity index (χ4n) is 1.89. The number of carboxylic acid groups (broad SMARTS) is 1. The molecule has 1 fully saturated rings. The molecule has 0 amide bonds. The summed E-state index contributed by atoms with van der Waals surface area (Å²) < 4.78 is 0. The van der Waals surface area contributed by atoms with Crippen LogP contribution in [0.15, 0.2) is 0 Å². The van der Waals surface area contributed by atoms with Gasteiger partial charge in [-0.3, -0.25) is 4.79 Å². The highest BCUT2D eigenvalue weighted by Gasteiger charge is 2.13. The second kappa shape index (κ2) is 5.97. The summed E-state index contributed by atoms with van der Waals surface area (Å²) in [6, 6.07) is 0. The van der Waals surface area contributed by atoms with Gasteiger partial charge < -0.3 is 10.4 Å². The van der Waals surface area contributed by atoms with Crippen LogP contribution >= 0.6 is 0 Å². The Morgan fingerprint density at radius 2 is 2.08 bits per heavy atom. The van der Waals surface area contributed by atoms with Crippen molar-refractivity contribution in [1.29, 1.82) is 0 Å². The molecule has 0 aromatic rings. The van der Waals surface area contributed by atoms with Gasteiger partial charge in [0.2, 0.25) is 0 Å². The highest BCUT2D eigenvalue weighted by Crippen LogP contribution is 2.23. The summed E-state index contributed by atoms with van der Waals surface area (Å²) in [6.07, 6.45) is 6.50. The van der Waals surface area contributed by atoms with Crippen molar-refractivity contribution in [3.63, 3.8) is 0 Å². The molecule has 0 aromatic heterocycles. The Labute approximate surface area is 79.5 Å². The Kier molecular flexibility index (Phi) is 4.83. The maximum atomic E-state index is 10.2. The number of nitrogens with one attached hydrogen (secondary N) is 1. The first-order valence-electron chi connectivity index (χ1n) is 5.21. The number of hydrogen-bond donors (Lipinski definition) is 2. The lowest BCUT2D eigenvalue weighted by Crippen LogP contribution is -2.22. The minimum atomic E-state index is -0.692. The predicted molar refractivity (Wildman–Crippen MR) is 51.7 cm³/mol. The molecule has 1 rings (SSSR count). The van der Waals surface area contributed by atoms with Crippen LogP contribution in [0.4, 0.5) is 0 Å². The Morgan fingerprint density at radius 3 is 2.69 bits per heavy atom. The zero-order valence-electron chi connectivity index (χ0n) is 8.09. The van der Waals surface area contributed by atoms with E-state index in [2.05, 4.69) is 5.32 Å². The van der Waals surface area contributed by atoms with Crippen LogP contribution in [0.25, 0.3) is 0 Å². The van der Waals surface area contributed by atoms with Gasteiger partial charge in [-0.1, -0.05) is 12.8 Å². The van der Waals surface area contributed by atoms with Crippen LogP contribution in [-0.2, 0) is 4.79 Å². The summed E-state index contributed by atoms with van der Waals surface area (Å²) in [7, 11) is 0. The minimum Gasteiger partial charge on any atom is -0.481 e. The number of carbonyl (C=O) groups is 1. The van der Waals surface area contributed by atoms with Crippen molar-refractivity contribution in [3.8, 4) is 0 Å². The van der Waals surface area contributed by atoms with Crippen molar-refractivity contribution < 1.29 is 9.90 Å². The van der Waals surface area contributed by atoms with Gasteiger partial charge in [0.05, 0.1) is 0 Å². The van der Waals surface area contributed by atoms with E-state index < -0.39 is 5.97 Å². The fraction of sp³-hybridized carbons (Fsp3) is 0.900. The van der Waals surface area contributed by atoms with Gasteiger partial charge in [0.25, 0.3) is 0 Å². The Balaban J connectivity index is 1.86. The fourth-order valence-corrected chi connectivity index (χ4v) is 1.89. The smallest absolute Gasteiger partial charge is 0.303 e. The van der Waals surface area contributed by atoms with E-state index in [9.17, 15) is 4.79 Å². The normalized spacial score (nSPS) is 17.8. The Morgan fingerprint density at radius 1 is 1.38 bits per heavy atom. The summed E-state index contributed by atoms with van der Waals surface area (Å²) in [6.45, 7) is 1.93. The predicted octanol–water partition coefficient (Wildman–Crippen LogP) is 1.63. The van der Waals surface area contributed by atoms with E-state index in [-0.39, 0.29) is 6.42 Å². The quantitative estimate of drug-likeness (QED) is 0.618. The van der Waals surface area contributed by atoms with Crippen LogP contribution in [0.5, 0.6) is 0 Å². The van der Waals surface area contributed by atoms with E-state index in [0.29, 0.717) is 0 Å². The van der Waals surface area contributed by atoms with Crippen LogP contribution in [0.1, 0.15) is 38.5 Å². The first-order chi connectivity index (χ1) is 6.29. The van der Waals surface area contributed by atoms with Crippen molar-refractivity contribution in [2.45, 2.75) is 38.5 Å². The van der Waals surface area contributed by atoms with Gasteiger partial charge in [-0.05, 0) is 38.3 Å². The Hall–Kier alpha value is -0.570. The maximum Gasteiger partial charge on any atom is 0.303 e. The monoisotopic (exact) mass is 185 g/mol. The van der Waals surface area contributed by atoms with E-state index >= 15 is 0 Å². The van der Waals surface area contributed by atoms with E-state index in [1.807, 2.05) is 0 Å². The van der Waals surface area contributed by atoms with Crippen molar-refractivity contribution in [2.24, 2.45) is 5.92 Å². The van der Waals surface area contributed by atoms with E-state index in [1.54, 1.807) is 0 Å². The summed E-state index contributed by atoms with van der Waals surface area (Å²) in [5.74, 6) is 0.160. The molecule has 13 heavy (non-hydrogen) atoms. The molecule has 0 spiro atoms. The molecule has 0 unspecified atom stereocenters. The first-order valence-corrected chi connectivity index (χ1v) is 5.21. The van der Waals surface area contributed by atoms with E-state index in [4.69, 9.17) is 5.11 Å². The van der Waals surface area contributed by atoms with Gasteiger partial charge in [0.15, 0.2) is 0 Å². The molecular weight excluding hydrogens is 166 g/mol. The van der Waals surface area contributed by atoms with Gasteiger partial charge in [0.1, 0.15) is 0 Å². The minimum absolute atomic E-state index is 0.289. The zero-order chi connectivity index (χ0) is 9.52. The van der Waals surface area contributed by atoms with Crippen LogP contribution in [0.3, 0.4) is 0 Å². The standard InChI is InChI=1S/C10H19NO2/c12-10(13)6-3-7-11-8-9-4-1-2-5-9/h9,11H,1-8H2,(H,12,13). The van der Waals surface area contributed by atoms with Gasteiger partial charge >= 0.3 is 5.97 Å². The third-order valence-corrected chi connectivity index (χ3v) is 2.65. The first kappa shape index (κ1) is 10.5. The van der Waals surface area contributed by atoms with Gasteiger partial charge in [-0.15, -0.1) is 0 Å². The molecule has 0 saturated heterocycles. The number of rotatable bonds is 6. The molecule has 2 N–H and O–H groups in total. The third-order valence-electron chi connectivity index (χ3n) is 2.65. The molecule has 3 nitrogen and oxygen atoms in total. The van der Waals surface area contributed by atoms with Gasteiger partial charge in [-0.2, -0.15) is 0 Å². The van der Waals surface area contributed by atoms with Crippen LogP contribution in [0.2, 0.25) is 0 Å². The lowest BCUT2D eigenvalue weighted by Gasteiger charge is -2.09.